The van der Waals surface area contributed by atoms with Gasteiger partial charge in [-0.2, -0.15) is 5.10 Å². The third-order valence-corrected chi connectivity index (χ3v) is 5.23. The minimum Gasteiger partial charge on any atom is -0.363 e. The highest BCUT2D eigenvalue weighted by atomic mass is 19.1. The van der Waals surface area contributed by atoms with Crippen molar-refractivity contribution < 1.29 is 17.6 Å². The molecule has 0 saturated carbocycles. The van der Waals surface area contributed by atoms with Crippen LogP contribution in [0.4, 0.5) is 23.2 Å². The summed E-state index contributed by atoms with van der Waals surface area (Å²) in [6.07, 6.45) is 0. The molecule has 1 aromatic heterocycles. The van der Waals surface area contributed by atoms with E-state index in [4.69, 9.17) is 0 Å². The molecule has 0 amide bonds. The first-order chi connectivity index (χ1) is 14.3. The average molecular weight is 413 g/mol. The summed E-state index contributed by atoms with van der Waals surface area (Å²) in [5.74, 6) is -2.70. The van der Waals surface area contributed by atoms with E-state index >= 15 is 0 Å². The standard InChI is InChI=1S/C23H19F4N3/c1-14-20-11-19(7-8-23(20)28-29(14)2)30(12-15-3-5-17(24)9-21(15)26)13-16-4-6-18(25)10-22(16)27/h3-11H,12-13H2,1-2H3. The van der Waals surface area contributed by atoms with Gasteiger partial charge in [-0.3, -0.25) is 4.68 Å². The molecule has 154 valence electrons. The van der Waals surface area contributed by atoms with Crippen molar-refractivity contribution in [3.8, 4) is 0 Å². The molecule has 0 aliphatic carbocycles. The zero-order valence-corrected chi connectivity index (χ0v) is 16.5. The molecule has 0 aliphatic heterocycles. The lowest BCUT2D eigenvalue weighted by Gasteiger charge is -2.26. The first-order valence-electron chi connectivity index (χ1n) is 9.38. The fourth-order valence-corrected chi connectivity index (χ4v) is 3.46. The Morgan fingerprint density at radius 3 is 1.90 bits per heavy atom. The molecule has 1 heterocycles. The zero-order valence-electron chi connectivity index (χ0n) is 16.5. The van der Waals surface area contributed by atoms with Crippen LogP contribution in [0, 0.1) is 30.2 Å². The van der Waals surface area contributed by atoms with E-state index < -0.39 is 23.3 Å². The fraction of sp³-hybridized carbons (Fsp3) is 0.174. The van der Waals surface area contributed by atoms with Crippen LogP contribution < -0.4 is 4.90 Å². The number of fused-ring (bicyclic) bond motifs is 1. The Balaban J connectivity index is 1.77. The molecule has 7 heteroatoms. The van der Waals surface area contributed by atoms with Gasteiger partial charge in [0.1, 0.15) is 23.3 Å². The number of benzene rings is 3. The Bertz CT molecular complexity index is 1180. The van der Waals surface area contributed by atoms with Gasteiger partial charge in [-0.15, -0.1) is 0 Å². The van der Waals surface area contributed by atoms with Gasteiger partial charge in [-0.25, -0.2) is 17.6 Å². The molecule has 0 saturated heterocycles. The summed E-state index contributed by atoms with van der Waals surface area (Å²) in [6, 6.07) is 12.3. The third-order valence-electron chi connectivity index (χ3n) is 5.23. The van der Waals surface area contributed by atoms with E-state index in [-0.39, 0.29) is 24.2 Å². The topological polar surface area (TPSA) is 21.1 Å². The number of anilines is 1. The van der Waals surface area contributed by atoms with Gasteiger partial charge in [0.2, 0.25) is 0 Å². The largest absolute Gasteiger partial charge is 0.363 e. The molecule has 0 spiro atoms. The number of hydrogen-bond donors (Lipinski definition) is 0. The van der Waals surface area contributed by atoms with Gasteiger partial charge in [0.15, 0.2) is 0 Å². The molecule has 30 heavy (non-hydrogen) atoms. The van der Waals surface area contributed by atoms with Gasteiger partial charge < -0.3 is 4.90 Å². The summed E-state index contributed by atoms with van der Waals surface area (Å²) < 4.78 is 57.0. The van der Waals surface area contributed by atoms with Crippen molar-refractivity contribution in [1.29, 1.82) is 0 Å². The molecule has 0 radical (unpaired) electrons. The first-order valence-corrected chi connectivity index (χ1v) is 9.38. The van der Waals surface area contributed by atoms with E-state index in [1.165, 1.54) is 24.3 Å². The smallest absolute Gasteiger partial charge is 0.131 e. The van der Waals surface area contributed by atoms with Crippen LogP contribution >= 0.6 is 0 Å². The van der Waals surface area contributed by atoms with Crippen LogP contribution in [0.25, 0.3) is 10.9 Å². The Morgan fingerprint density at radius 2 is 1.37 bits per heavy atom. The minimum atomic E-state index is -0.682. The lowest BCUT2D eigenvalue weighted by atomic mass is 10.1. The molecular formula is C23H19F4N3. The van der Waals surface area contributed by atoms with Gasteiger partial charge in [-0.1, -0.05) is 12.1 Å². The van der Waals surface area contributed by atoms with Crippen LogP contribution in [-0.2, 0) is 20.1 Å². The molecular weight excluding hydrogens is 394 g/mol. The first kappa shape index (κ1) is 19.9. The van der Waals surface area contributed by atoms with Gasteiger partial charge in [0.05, 0.1) is 5.52 Å². The Kier molecular flexibility index (Phi) is 5.20. The molecule has 0 N–H and O–H groups in total. The monoisotopic (exact) mass is 413 g/mol. The maximum Gasteiger partial charge on any atom is 0.131 e. The third kappa shape index (κ3) is 3.87. The van der Waals surface area contributed by atoms with Crippen LogP contribution in [0.1, 0.15) is 16.8 Å². The van der Waals surface area contributed by atoms with E-state index in [1.807, 2.05) is 32.2 Å². The van der Waals surface area contributed by atoms with E-state index in [2.05, 4.69) is 5.10 Å². The average Bonchev–Trinajstić information content (AvgIpc) is 2.98. The van der Waals surface area contributed by atoms with Crippen molar-refractivity contribution in [2.45, 2.75) is 20.0 Å². The van der Waals surface area contributed by atoms with E-state index in [1.54, 1.807) is 9.58 Å². The fourth-order valence-electron chi connectivity index (χ4n) is 3.46. The van der Waals surface area contributed by atoms with E-state index in [0.29, 0.717) is 5.69 Å². The van der Waals surface area contributed by atoms with Crippen molar-refractivity contribution in [1.82, 2.24) is 9.78 Å². The summed E-state index contributed by atoms with van der Waals surface area (Å²) in [5, 5.41) is 5.34. The Labute approximate surface area is 171 Å². The molecule has 3 aromatic carbocycles. The SMILES string of the molecule is Cc1c2cc(N(Cc3ccc(F)cc3F)Cc3ccc(F)cc3F)ccc2nn1C. The quantitative estimate of drug-likeness (QED) is 0.395. The summed E-state index contributed by atoms with van der Waals surface area (Å²) in [5.41, 5.74) is 3.00. The van der Waals surface area contributed by atoms with Gasteiger partial charge in [0.25, 0.3) is 0 Å². The highest BCUT2D eigenvalue weighted by Gasteiger charge is 2.16. The highest BCUT2D eigenvalue weighted by Crippen LogP contribution is 2.28. The number of aryl methyl sites for hydroxylation is 2. The molecule has 3 nitrogen and oxygen atoms in total. The Morgan fingerprint density at radius 1 is 0.800 bits per heavy atom. The second-order valence-electron chi connectivity index (χ2n) is 7.24. The van der Waals surface area contributed by atoms with Crippen molar-refractivity contribution in [3.05, 3.63) is 94.7 Å². The van der Waals surface area contributed by atoms with E-state index in [0.717, 1.165) is 28.7 Å². The van der Waals surface area contributed by atoms with Crippen LogP contribution in [-0.4, -0.2) is 9.78 Å². The van der Waals surface area contributed by atoms with Crippen LogP contribution in [0.3, 0.4) is 0 Å². The second-order valence-corrected chi connectivity index (χ2v) is 7.24. The molecule has 0 bridgehead atoms. The molecule has 4 aromatic rings. The maximum absolute atomic E-state index is 14.3. The molecule has 0 atom stereocenters. The number of rotatable bonds is 5. The van der Waals surface area contributed by atoms with Crippen molar-refractivity contribution in [2.75, 3.05) is 4.90 Å². The maximum atomic E-state index is 14.3. The lowest BCUT2D eigenvalue weighted by Crippen LogP contribution is -2.23. The number of halogens is 4. The van der Waals surface area contributed by atoms with Crippen molar-refractivity contribution >= 4 is 16.6 Å². The zero-order chi connectivity index (χ0) is 21.4. The van der Waals surface area contributed by atoms with Crippen molar-refractivity contribution in [2.24, 2.45) is 7.05 Å². The highest BCUT2D eigenvalue weighted by molar-refractivity contribution is 5.85. The molecule has 0 aliphatic rings. The summed E-state index contributed by atoms with van der Waals surface area (Å²) >= 11 is 0. The molecule has 4 rings (SSSR count). The Hall–Kier alpha value is -3.35. The lowest BCUT2D eigenvalue weighted by molar-refractivity contribution is 0.561. The molecule has 0 fully saturated rings. The number of hydrogen-bond acceptors (Lipinski definition) is 2. The summed E-state index contributed by atoms with van der Waals surface area (Å²) in [7, 11) is 1.84. The van der Waals surface area contributed by atoms with Crippen LogP contribution in [0.15, 0.2) is 54.6 Å². The summed E-state index contributed by atoms with van der Waals surface area (Å²) in [4.78, 5) is 1.76. The van der Waals surface area contributed by atoms with Gasteiger partial charge in [0, 0.05) is 60.2 Å². The van der Waals surface area contributed by atoms with Gasteiger partial charge >= 0.3 is 0 Å². The predicted molar refractivity (Wildman–Crippen MR) is 108 cm³/mol. The minimum absolute atomic E-state index is 0.0771. The van der Waals surface area contributed by atoms with Gasteiger partial charge in [-0.05, 0) is 37.3 Å². The van der Waals surface area contributed by atoms with Crippen LogP contribution in [0.2, 0.25) is 0 Å². The van der Waals surface area contributed by atoms with Crippen LogP contribution in [0.5, 0.6) is 0 Å². The summed E-state index contributed by atoms with van der Waals surface area (Å²) in [6.45, 7) is 2.09. The normalized spacial score (nSPS) is 11.3. The molecule has 0 unspecified atom stereocenters. The van der Waals surface area contributed by atoms with Crippen molar-refractivity contribution in [3.63, 3.8) is 0 Å². The second kappa shape index (κ2) is 7.82. The number of aromatic nitrogens is 2. The number of nitrogens with zero attached hydrogens (tertiary/aromatic N) is 3. The van der Waals surface area contributed by atoms with E-state index in [9.17, 15) is 17.6 Å². The predicted octanol–water partition coefficient (Wildman–Crippen LogP) is 5.64.